The Kier molecular flexibility index (Phi) is 5.40. The molecule has 0 radical (unpaired) electrons. The summed E-state index contributed by atoms with van der Waals surface area (Å²) in [7, 11) is 0. The molecule has 0 bridgehead atoms. The van der Waals surface area contributed by atoms with E-state index in [1.165, 1.54) is 13.0 Å². The van der Waals surface area contributed by atoms with Crippen LogP contribution < -0.4 is 0 Å². The van der Waals surface area contributed by atoms with Crippen molar-refractivity contribution in [2.75, 3.05) is 0 Å². The Balaban J connectivity index is 4.30. The lowest BCUT2D eigenvalue weighted by molar-refractivity contribution is -0.222. The maximum atomic E-state index is 11.0. The Labute approximate surface area is 85.5 Å². The molecule has 0 saturated heterocycles. The second-order valence-electron chi connectivity index (χ2n) is 2.26. The van der Waals surface area contributed by atoms with Crippen LogP contribution in [0.1, 0.15) is 13.3 Å². The summed E-state index contributed by atoms with van der Waals surface area (Å²) in [6.07, 6.45) is 1.52. The number of carbonyl (C=O) groups is 2. The average molecular weight is 221 g/mol. The Bertz CT molecular complexity index is 281. The normalized spacial score (nSPS) is 11.3. The molecule has 0 unspecified atom stereocenters. The fourth-order valence-electron chi connectivity index (χ4n) is 0.541. The van der Waals surface area contributed by atoms with Crippen molar-refractivity contribution in [3.05, 3.63) is 24.0 Å². The van der Waals surface area contributed by atoms with Gasteiger partial charge >= 0.3 is 11.4 Å². The molecule has 0 aliphatic carbocycles. The predicted molar refractivity (Wildman–Crippen MR) is 48.6 cm³/mol. The highest BCUT2D eigenvalue weighted by atomic mass is 35.5. The minimum absolute atomic E-state index is 0.0807. The molecule has 14 heavy (non-hydrogen) atoms. The first-order chi connectivity index (χ1) is 6.49. The van der Waals surface area contributed by atoms with Gasteiger partial charge in [0.2, 0.25) is 0 Å². The maximum Gasteiger partial charge on any atom is 0.448 e. The molecule has 0 amide bonds. The minimum Gasteiger partial charge on any atom is -0.511 e. The zero-order chi connectivity index (χ0) is 11.1. The van der Waals surface area contributed by atoms with Crippen molar-refractivity contribution in [3.8, 4) is 0 Å². The first-order valence-corrected chi connectivity index (χ1v) is 3.94. The average Bonchev–Trinajstić information content (AvgIpc) is 2.13. The van der Waals surface area contributed by atoms with Crippen LogP contribution in [0.25, 0.3) is 0 Å². The van der Waals surface area contributed by atoms with Gasteiger partial charge in [0, 0.05) is 18.0 Å². The molecule has 0 aromatic carbocycles. The summed E-state index contributed by atoms with van der Waals surface area (Å²) < 4.78 is 0. The van der Waals surface area contributed by atoms with E-state index in [0.29, 0.717) is 0 Å². The second kappa shape index (κ2) is 6.04. The summed E-state index contributed by atoms with van der Waals surface area (Å²) in [4.78, 5) is 28.7. The van der Waals surface area contributed by atoms with Gasteiger partial charge in [0.15, 0.2) is 0 Å². The van der Waals surface area contributed by atoms with Crippen LogP contribution in [0.3, 0.4) is 0 Å². The monoisotopic (exact) mass is 220 g/mol. The molecule has 0 aliphatic heterocycles. The lowest BCUT2D eigenvalue weighted by atomic mass is 10.2. The second-order valence-corrected chi connectivity index (χ2v) is 2.56. The first kappa shape index (κ1) is 12.5. The largest absolute Gasteiger partial charge is 0.511 e. The highest BCUT2D eigenvalue weighted by molar-refractivity contribution is 6.61. The zero-order valence-electron chi connectivity index (χ0n) is 7.45. The topological polar surface area (TPSA) is 72.8 Å². The summed E-state index contributed by atoms with van der Waals surface area (Å²) in [5.41, 5.74) is -1.35. The molecule has 0 fully saturated rings. The Morgan fingerprint density at radius 1 is 1.50 bits per heavy atom. The fourth-order valence-corrected chi connectivity index (χ4v) is 0.572. The molecule has 0 aromatic rings. The van der Waals surface area contributed by atoms with Crippen LogP contribution in [0.5, 0.6) is 0 Å². The molecule has 0 saturated carbocycles. The number of hydrogen-bond acceptors (Lipinski definition) is 5. The molecule has 5 nitrogen and oxygen atoms in total. The summed E-state index contributed by atoms with van der Waals surface area (Å²) in [5.74, 6) is -1.20. The molecule has 1 N–H and O–H groups in total. The lowest BCUT2D eigenvalue weighted by Crippen LogP contribution is -2.09. The van der Waals surface area contributed by atoms with Gasteiger partial charge in [0.25, 0.3) is 0 Å². The standard InChI is InChI=1S/C8H9ClO5/c1-3-4-6(10)5(2)7(11)13-14-8(9)12/h3,10H,1,4H2,2H3. The Morgan fingerprint density at radius 2 is 2.07 bits per heavy atom. The van der Waals surface area contributed by atoms with Crippen molar-refractivity contribution in [2.45, 2.75) is 13.3 Å². The van der Waals surface area contributed by atoms with E-state index in [9.17, 15) is 14.7 Å². The molecule has 0 rings (SSSR count). The van der Waals surface area contributed by atoms with Gasteiger partial charge in [-0.2, -0.15) is 0 Å². The van der Waals surface area contributed by atoms with Gasteiger partial charge in [0.05, 0.1) is 5.57 Å². The van der Waals surface area contributed by atoms with E-state index in [-0.39, 0.29) is 17.8 Å². The van der Waals surface area contributed by atoms with Crippen molar-refractivity contribution < 1.29 is 24.5 Å². The molecule has 78 valence electrons. The summed E-state index contributed by atoms with van der Waals surface area (Å²) in [5, 5.41) is 9.19. The van der Waals surface area contributed by atoms with Gasteiger partial charge in [-0.05, 0) is 6.92 Å². The van der Waals surface area contributed by atoms with E-state index in [2.05, 4.69) is 16.4 Å². The van der Waals surface area contributed by atoms with Crippen LogP contribution in [0.4, 0.5) is 4.79 Å². The molecule has 0 aliphatic rings. The van der Waals surface area contributed by atoms with E-state index in [1.807, 2.05) is 0 Å². The smallest absolute Gasteiger partial charge is 0.448 e. The molecule has 6 heteroatoms. The third-order valence-corrected chi connectivity index (χ3v) is 1.32. The van der Waals surface area contributed by atoms with Crippen LogP contribution in [0.2, 0.25) is 0 Å². The van der Waals surface area contributed by atoms with E-state index >= 15 is 0 Å². The van der Waals surface area contributed by atoms with Crippen molar-refractivity contribution in [3.63, 3.8) is 0 Å². The third-order valence-electron chi connectivity index (χ3n) is 1.26. The highest BCUT2D eigenvalue weighted by Crippen LogP contribution is 2.08. The Morgan fingerprint density at radius 3 is 2.50 bits per heavy atom. The van der Waals surface area contributed by atoms with E-state index in [0.717, 1.165) is 0 Å². The van der Waals surface area contributed by atoms with Crippen LogP contribution in [-0.2, 0) is 14.6 Å². The van der Waals surface area contributed by atoms with Crippen molar-refractivity contribution >= 4 is 23.0 Å². The van der Waals surface area contributed by atoms with Crippen LogP contribution in [0.15, 0.2) is 24.0 Å². The molecule has 0 atom stereocenters. The number of allylic oxidation sites excluding steroid dienone is 1. The van der Waals surface area contributed by atoms with Crippen molar-refractivity contribution in [1.82, 2.24) is 0 Å². The summed E-state index contributed by atoms with van der Waals surface area (Å²) in [6.45, 7) is 4.67. The van der Waals surface area contributed by atoms with Crippen molar-refractivity contribution in [1.29, 1.82) is 0 Å². The molecule has 0 aromatic heterocycles. The number of halogens is 1. The SMILES string of the molecule is C=CCC(O)=C(C)C(=O)OOC(=O)Cl. The highest BCUT2D eigenvalue weighted by Gasteiger charge is 2.13. The van der Waals surface area contributed by atoms with Crippen molar-refractivity contribution in [2.24, 2.45) is 0 Å². The summed E-state index contributed by atoms with van der Waals surface area (Å²) in [6, 6.07) is 0. The minimum atomic E-state index is -1.27. The number of hydrogen-bond donors (Lipinski definition) is 1. The molecular formula is C8H9ClO5. The summed E-state index contributed by atoms with van der Waals surface area (Å²) >= 11 is 4.73. The maximum absolute atomic E-state index is 11.0. The van der Waals surface area contributed by atoms with E-state index in [1.54, 1.807) is 0 Å². The zero-order valence-corrected chi connectivity index (χ0v) is 8.21. The van der Waals surface area contributed by atoms with Gasteiger partial charge < -0.3 is 5.11 Å². The lowest BCUT2D eigenvalue weighted by Gasteiger charge is -2.02. The van der Waals surface area contributed by atoms with Crippen LogP contribution in [-0.4, -0.2) is 16.5 Å². The number of carbonyl (C=O) groups excluding carboxylic acids is 2. The van der Waals surface area contributed by atoms with Gasteiger partial charge in [-0.25, -0.2) is 19.4 Å². The number of rotatable bonds is 3. The van der Waals surface area contributed by atoms with E-state index < -0.39 is 11.4 Å². The number of aliphatic hydroxyl groups excluding tert-OH is 1. The fraction of sp³-hybridized carbons (Fsp3) is 0.250. The van der Waals surface area contributed by atoms with Crippen LogP contribution >= 0.6 is 11.6 Å². The van der Waals surface area contributed by atoms with Gasteiger partial charge in [0.1, 0.15) is 5.76 Å². The molecule has 0 spiro atoms. The van der Waals surface area contributed by atoms with Crippen LogP contribution in [0, 0.1) is 0 Å². The first-order valence-electron chi connectivity index (χ1n) is 3.57. The molecule has 0 heterocycles. The molecular weight excluding hydrogens is 212 g/mol. The van der Waals surface area contributed by atoms with E-state index in [4.69, 9.17) is 11.6 Å². The number of aliphatic hydroxyl groups is 1. The Hall–Kier alpha value is -1.49. The quantitative estimate of drug-likeness (QED) is 0.197. The van der Waals surface area contributed by atoms with Gasteiger partial charge in [-0.1, -0.05) is 6.08 Å². The third kappa shape index (κ3) is 4.51. The van der Waals surface area contributed by atoms with Gasteiger partial charge in [-0.15, -0.1) is 6.58 Å². The predicted octanol–water partition coefficient (Wildman–Crippen LogP) is 2.23. The van der Waals surface area contributed by atoms with Gasteiger partial charge in [-0.3, -0.25) is 0 Å².